The Morgan fingerprint density at radius 2 is 1.72 bits per heavy atom. The Labute approximate surface area is 109 Å². The van der Waals surface area contributed by atoms with Gasteiger partial charge in [0.15, 0.2) is 0 Å². The lowest BCUT2D eigenvalue weighted by Gasteiger charge is -2.25. The van der Waals surface area contributed by atoms with Gasteiger partial charge < -0.3 is 10.0 Å². The Balaban J connectivity index is 2.71. The van der Waals surface area contributed by atoms with Crippen LogP contribution in [-0.2, 0) is 4.79 Å². The third-order valence-corrected chi connectivity index (χ3v) is 3.30. The highest BCUT2D eigenvalue weighted by molar-refractivity contribution is 5.73. The van der Waals surface area contributed by atoms with Crippen LogP contribution in [0.25, 0.3) is 0 Å². The third kappa shape index (κ3) is 3.76. The number of carboxylic acids is 1. The fourth-order valence-corrected chi connectivity index (χ4v) is 1.85. The summed E-state index contributed by atoms with van der Waals surface area (Å²) in [6.45, 7) is 8.43. The van der Waals surface area contributed by atoms with Gasteiger partial charge in [-0.2, -0.15) is 0 Å². The molecule has 0 saturated carbocycles. The first-order valence-corrected chi connectivity index (χ1v) is 6.25. The molecule has 0 bridgehead atoms. The minimum Gasteiger partial charge on any atom is -0.481 e. The van der Waals surface area contributed by atoms with Crippen LogP contribution in [0.4, 0.5) is 5.69 Å². The van der Waals surface area contributed by atoms with E-state index in [-0.39, 0.29) is 0 Å². The van der Waals surface area contributed by atoms with E-state index in [2.05, 4.69) is 36.9 Å². The number of aliphatic carboxylic acids is 1. The number of rotatable bonds is 5. The highest BCUT2D eigenvalue weighted by Gasteiger charge is 2.27. The van der Waals surface area contributed by atoms with E-state index < -0.39 is 11.4 Å². The molecule has 0 amide bonds. The molecule has 3 heteroatoms. The molecule has 0 unspecified atom stereocenters. The smallest absolute Gasteiger partial charge is 0.309 e. The zero-order chi connectivity index (χ0) is 13.9. The van der Waals surface area contributed by atoms with Crippen molar-refractivity contribution in [1.29, 1.82) is 0 Å². The minimum atomic E-state index is -0.740. The molecular formula is C15H23NO2. The molecule has 0 atom stereocenters. The Morgan fingerprint density at radius 1 is 1.22 bits per heavy atom. The van der Waals surface area contributed by atoms with Crippen molar-refractivity contribution in [2.24, 2.45) is 5.41 Å². The second-order valence-electron chi connectivity index (χ2n) is 5.71. The lowest BCUT2D eigenvalue weighted by atomic mass is 9.89. The van der Waals surface area contributed by atoms with Crippen LogP contribution in [0.3, 0.4) is 0 Å². The van der Waals surface area contributed by atoms with Crippen LogP contribution in [0.2, 0.25) is 0 Å². The predicted molar refractivity (Wildman–Crippen MR) is 75.2 cm³/mol. The van der Waals surface area contributed by atoms with Gasteiger partial charge in [-0.05, 0) is 57.4 Å². The van der Waals surface area contributed by atoms with Gasteiger partial charge in [0.2, 0.25) is 0 Å². The molecule has 3 nitrogen and oxygen atoms in total. The Hall–Kier alpha value is -1.51. The van der Waals surface area contributed by atoms with Crippen molar-refractivity contribution < 1.29 is 9.90 Å². The monoisotopic (exact) mass is 249 g/mol. The highest BCUT2D eigenvalue weighted by atomic mass is 16.4. The van der Waals surface area contributed by atoms with E-state index in [1.165, 1.54) is 11.1 Å². The van der Waals surface area contributed by atoms with E-state index >= 15 is 0 Å². The van der Waals surface area contributed by atoms with Crippen LogP contribution in [-0.4, -0.2) is 24.7 Å². The second-order valence-corrected chi connectivity index (χ2v) is 5.71. The molecule has 18 heavy (non-hydrogen) atoms. The third-order valence-electron chi connectivity index (χ3n) is 3.30. The van der Waals surface area contributed by atoms with E-state index in [4.69, 9.17) is 5.11 Å². The summed E-state index contributed by atoms with van der Waals surface area (Å²) >= 11 is 0. The van der Waals surface area contributed by atoms with Gasteiger partial charge in [0.25, 0.3) is 0 Å². The normalized spacial score (nSPS) is 11.4. The molecule has 0 fully saturated rings. The fourth-order valence-electron chi connectivity index (χ4n) is 1.85. The van der Waals surface area contributed by atoms with Gasteiger partial charge in [-0.3, -0.25) is 4.79 Å². The molecule has 0 radical (unpaired) electrons. The van der Waals surface area contributed by atoms with Crippen molar-refractivity contribution in [2.75, 3.05) is 18.5 Å². The Kier molecular flexibility index (Phi) is 4.38. The Bertz CT molecular complexity index is 418. The molecule has 0 heterocycles. The number of hydrogen-bond acceptors (Lipinski definition) is 2. The zero-order valence-electron chi connectivity index (χ0n) is 11.9. The number of aryl methyl sites for hydroxylation is 2. The quantitative estimate of drug-likeness (QED) is 0.871. The summed E-state index contributed by atoms with van der Waals surface area (Å²) < 4.78 is 0. The molecule has 0 aromatic heterocycles. The minimum absolute atomic E-state index is 0.631. The first kappa shape index (κ1) is 14.6. The average Bonchev–Trinajstić information content (AvgIpc) is 2.24. The summed E-state index contributed by atoms with van der Waals surface area (Å²) in [5.41, 5.74) is 2.94. The van der Waals surface area contributed by atoms with Crippen LogP contribution in [0.5, 0.6) is 0 Å². The molecule has 0 aliphatic heterocycles. The van der Waals surface area contributed by atoms with Gasteiger partial charge in [0, 0.05) is 19.3 Å². The van der Waals surface area contributed by atoms with Gasteiger partial charge in [0.05, 0.1) is 5.41 Å². The first-order chi connectivity index (χ1) is 8.22. The number of carbonyl (C=O) groups is 1. The van der Waals surface area contributed by atoms with Crippen molar-refractivity contribution in [3.63, 3.8) is 0 Å². The van der Waals surface area contributed by atoms with Gasteiger partial charge in [0.1, 0.15) is 0 Å². The molecule has 1 rings (SSSR count). The van der Waals surface area contributed by atoms with Crippen molar-refractivity contribution in [3.8, 4) is 0 Å². The fraction of sp³-hybridized carbons (Fsp3) is 0.533. The number of hydrogen-bond donors (Lipinski definition) is 1. The van der Waals surface area contributed by atoms with E-state index in [1.807, 2.05) is 7.05 Å². The second kappa shape index (κ2) is 5.42. The topological polar surface area (TPSA) is 40.5 Å². The molecule has 100 valence electrons. The van der Waals surface area contributed by atoms with Crippen molar-refractivity contribution >= 4 is 11.7 Å². The van der Waals surface area contributed by atoms with Crippen molar-refractivity contribution in [3.05, 3.63) is 29.3 Å². The molecule has 0 aliphatic rings. The number of benzene rings is 1. The average molecular weight is 249 g/mol. The maximum atomic E-state index is 11.1. The van der Waals surface area contributed by atoms with E-state index in [0.717, 1.165) is 12.2 Å². The largest absolute Gasteiger partial charge is 0.481 e. The standard InChI is InChI=1S/C15H23NO2/c1-11-8-12(2)10-13(9-11)16(5)7-6-15(3,4)14(17)18/h8-10H,6-7H2,1-5H3,(H,17,18). The maximum Gasteiger partial charge on any atom is 0.309 e. The number of anilines is 1. The molecular weight excluding hydrogens is 226 g/mol. The molecule has 0 aliphatic carbocycles. The predicted octanol–water partition coefficient (Wildman–Crippen LogP) is 3.24. The zero-order valence-corrected chi connectivity index (χ0v) is 11.9. The van der Waals surface area contributed by atoms with E-state index in [1.54, 1.807) is 13.8 Å². The SMILES string of the molecule is Cc1cc(C)cc(N(C)CCC(C)(C)C(=O)O)c1. The van der Waals surface area contributed by atoms with Crippen LogP contribution in [0.1, 0.15) is 31.4 Å². The van der Waals surface area contributed by atoms with E-state index in [9.17, 15) is 4.79 Å². The number of carboxylic acid groups (broad SMARTS) is 1. The number of nitrogens with zero attached hydrogens (tertiary/aromatic N) is 1. The summed E-state index contributed by atoms with van der Waals surface area (Å²) in [6, 6.07) is 6.39. The van der Waals surface area contributed by atoms with Gasteiger partial charge in [-0.25, -0.2) is 0 Å². The van der Waals surface area contributed by atoms with Gasteiger partial charge in [-0.1, -0.05) is 6.07 Å². The maximum absolute atomic E-state index is 11.1. The van der Waals surface area contributed by atoms with Gasteiger partial charge in [-0.15, -0.1) is 0 Å². The Morgan fingerprint density at radius 3 is 2.17 bits per heavy atom. The van der Waals surface area contributed by atoms with Crippen LogP contribution in [0, 0.1) is 19.3 Å². The lowest BCUT2D eigenvalue weighted by molar-refractivity contribution is -0.147. The summed E-state index contributed by atoms with van der Waals surface area (Å²) in [6.07, 6.45) is 0.631. The van der Waals surface area contributed by atoms with Crippen LogP contribution >= 0.6 is 0 Å². The van der Waals surface area contributed by atoms with Crippen molar-refractivity contribution in [1.82, 2.24) is 0 Å². The summed E-state index contributed by atoms with van der Waals surface area (Å²) in [5.74, 6) is -0.740. The summed E-state index contributed by atoms with van der Waals surface area (Å²) in [5, 5.41) is 9.09. The van der Waals surface area contributed by atoms with Gasteiger partial charge >= 0.3 is 5.97 Å². The molecule has 0 spiro atoms. The van der Waals surface area contributed by atoms with Crippen molar-refractivity contribution in [2.45, 2.75) is 34.1 Å². The van der Waals surface area contributed by atoms with Crippen LogP contribution < -0.4 is 4.90 Å². The summed E-state index contributed by atoms with van der Waals surface area (Å²) in [4.78, 5) is 13.2. The summed E-state index contributed by atoms with van der Waals surface area (Å²) in [7, 11) is 2.01. The van der Waals surface area contributed by atoms with Crippen LogP contribution in [0.15, 0.2) is 18.2 Å². The molecule has 0 saturated heterocycles. The highest BCUT2D eigenvalue weighted by Crippen LogP contribution is 2.23. The van der Waals surface area contributed by atoms with E-state index in [0.29, 0.717) is 6.42 Å². The first-order valence-electron chi connectivity index (χ1n) is 6.25. The molecule has 1 aromatic rings. The lowest BCUT2D eigenvalue weighted by Crippen LogP contribution is -2.30. The molecule has 1 N–H and O–H groups in total. The molecule has 1 aromatic carbocycles.